The van der Waals surface area contributed by atoms with Crippen LogP contribution in [-0.4, -0.2) is 29.4 Å². The van der Waals surface area contributed by atoms with E-state index < -0.39 is 36.6 Å². The molecule has 0 fully saturated rings. The molecule has 2 N–H and O–H groups in total. The Morgan fingerprint density at radius 3 is 2.36 bits per heavy atom. The number of hydrogen-bond donors (Lipinski definition) is 2. The molecular formula is C14H16F3NO4. The summed E-state index contributed by atoms with van der Waals surface area (Å²) >= 11 is 0. The molecule has 1 amide bonds. The van der Waals surface area contributed by atoms with E-state index in [0.717, 1.165) is 6.92 Å². The van der Waals surface area contributed by atoms with E-state index in [1.807, 2.05) is 5.32 Å². The van der Waals surface area contributed by atoms with Gasteiger partial charge in [-0.15, -0.1) is 0 Å². The summed E-state index contributed by atoms with van der Waals surface area (Å²) in [7, 11) is 0. The van der Waals surface area contributed by atoms with Gasteiger partial charge in [-0.05, 0) is 12.0 Å². The molecular weight excluding hydrogens is 303 g/mol. The van der Waals surface area contributed by atoms with Crippen molar-refractivity contribution in [1.82, 2.24) is 5.32 Å². The third kappa shape index (κ3) is 6.02. The van der Waals surface area contributed by atoms with Gasteiger partial charge in [0.2, 0.25) is 0 Å². The number of benzene rings is 1. The van der Waals surface area contributed by atoms with Crippen molar-refractivity contribution >= 4 is 12.1 Å². The maximum Gasteiger partial charge on any atom is 0.408 e. The van der Waals surface area contributed by atoms with Crippen LogP contribution in [0.3, 0.4) is 0 Å². The maximum absolute atomic E-state index is 12.4. The van der Waals surface area contributed by atoms with Crippen LogP contribution in [0.1, 0.15) is 18.9 Å². The fourth-order valence-corrected chi connectivity index (χ4v) is 1.62. The molecule has 5 nitrogen and oxygen atoms in total. The van der Waals surface area contributed by atoms with Crippen molar-refractivity contribution in [2.45, 2.75) is 32.2 Å². The van der Waals surface area contributed by atoms with E-state index in [0.29, 0.717) is 5.56 Å². The minimum Gasteiger partial charge on any atom is -0.480 e. The molecule has 0 aliphatic rings. The molecule has 1 rings (SSSR count). The number of carboxylic acid groups (broad SMARTS) is 1. The first-order valence-electron chi connectivity index (χ1n) is 6.47. The lowest BCUT2D eigenvalue weighted by Gasteiger charge is -2.20. The van der Waals surface area contributed by atoms with Crippen LogP contribution < -0.4 is 5.32 Å². The number of amides is 1. The summed E-state index contributed by atoms with van der Waals surface area (Å²) in [6.07, 6.45) is -6.37. The van der Waals surface area contributed by atoms with Crippen molar-refractivity contribution in [3.8, 4) is 0 Å². The molecule has 22 heavy (non-hydrogen) atoms. The lowest BCUT2D eigenvalue weighted by molar-refractivity contribution is -0.174. The fourth-order valence-electron chi connectivity index (χ4n) is 1.62. The van der Waals surface area contributed by atoms with Gasteiger partial charge in [0.1, 0.15) is 12.6 Å². The molecule has 1 aromatic rings. The molecule has 2 unspecified atom stereocenters. The van der Waals surface area contributed by atoms with Crippen LogP contribution in [-0.2, 0) is 16.1 Å². The van der Waals surface area contributed by atoms with Crippen LogP contribution >= 0.6 is 0 Å². The van der Waals surface area contributed by atoms with Gasteiger partial charge in [0.05, 0.1) is 5.92 Å². The number of alkyl halides is 3. The molecule has 0 bridgehead atoms. The Labute approximate surface area is 125 Å². The summed E-state index contributed by atoms with van der Waals surface area (Å²) in [6, 6.07) is 6.92. The number of ether oxygens (including phenoxy) is 1. The van der Waals surface area contributed by atoms with Crippen LogP contribution in [0.15, 0.2) is 30.3 Å². The lowest BCUT2D eigenvalue weighted by atomic mass is 10.0. The molecule has 1 aromatic carbocycles. The Morgan fingerprint density at radius 1 is 1.27 bits per heavy atom. The van der Waals surface area contributed by atoms with Gasteiger partial charge in [0.25, 0.3) is 0 Å². The van der Waals surface area contributed by atoms with Crippen molar-refractivity contribution < 1.29 is 32.6 Å². The van der Waals surface area contributed by atoms with E-state index in [1.54, 1.807) is 30.3 Å². The first-order valence-corrected chi connectivity index (χ1v) is 6.47. The monoisotopic (exact) mass is 319 g/mol. The normalized spacial score (nSPS) is 14.0. The Hall–Kier alpha value is -2.25. The second-order valence-electron chi connectivity index (χ2n) is 4.78. The molecule has 0 heterocycles. The Balaban J connectivity index is 2.52. The van der Waals surface area contributed by atoms with E-state index in [-0.39, 0.29) is 6.61 Å². The van der Waals surface area contributed by atoms with Gasteiger partial charge in [-0.25, -0.2) is 9.59 Å². The highest BCUT2D eigenvalue weighted by molar-refractivity contribution is 5.79. The van der Waals surface area contributed by atoms with Crippen LogP contribution in [0.25, 0.3) is 0 Å². The number of carboxylic acids is 1. The number of rotatable bonds is 6. The summed E-state index contributed by atoms with van der Waals surface area (Å²) in [6.45, 7) is 0.751. The third-order valence-corrected chi connectivity index (χ3v) is 2.95. The lowest BCUT2D eigenvalue weighted by Crippen LogP contribution is -2.43. The number of nitrogens with one attached hydrogen (secondary N) is 1. The summed E-state index contributed by atoms with van der Waals surface area (Å²) in [5, 5.41) is 10.8. The molecule has 0 saturated carbocycles. The van der Waals surface area contributed by atoms with Gasteiger partial charge < -0.3 is 15.2 Å². The van der Waals surface area contributed by atoms with Gasteiger partial charge >= 0.3 is 18.2 Å². The van der Waals surface area contributed by atoms with Gasteiger partial charge in [0, 0.05) is 0 Å². The van der Waals surface area contributed by atoms with E-state index in [1.165, 1.54) is 0 Å². The van der Waals surface area contributed by atoms with Crippen molar-refractivity contribution in [2.24, 2.45) is 5.92 Å². The smallest absolute Gasteiger partial charge is 0.408 e. The molecule has 0 aromatic heterocycles. The van der Waals surface area contributed by atoms with Gasteiger partial charge in [0.15, 0.2) is 0 Å². The number of alkyl carbamates (subject to hydrolysis) is 1. The van der Waals surface area contributed by atoms with Gasteiger partial charge in [-0.1, -0.05) is 37.3 Å². The highest BCUT2D eigenvalue weighted by Gasteiger charge is 2.39. The Bertz CT molecular complexity index is 505. The highest BCUT2D eigenvalue weighted by Crippen LogP contribution is 2.29. The predicted molar refractivity (Wildman–Crippen MR) is 71.0 cm³/mol. The SMILES string of the molecule is CC(CC(NC(=O)OCc1ccccc1)C(=O)O)C(F)(F)F. The largest absolute Gasteiger partial charge is 0.480 e. The zero-order valence-corrected chi connectivity index (χ0v) is 11.8. The quantitative estimate of drug-likeness (QED) is 0.845. The topological polar surface area (TPSA) is 75.6 Å². The zero-order chi connectivity index (χ0) is 16.8. The summed E-state index contributed by atoms with van der Waals surface area (Å²) in [4.78, 5) is 22.4. The van der Waals surface area contributed by atoms with Crippen molar-refractivity contribution in [3.05, 3.63) is 35.9 Å². The van der Waals surface area contributed by atoms with Crippen LogP contribution in [0.4, 0.5) is 18.0 Å². The zero-order valence-electron chi connectivity index (χ0n) is 11.8. The first kappa shape index (κ1) is 17.8. The van der Waals surface area contributed by atoms with E-state index >= 15 is 0 Å². The minimum atomic E-state index is -4.52. The van der Waals surface area contributed by atoms with E-state index in [4.69, 9.17) is 9.84 Å². The minimum absolute atomic E-state index is 0.103. The second-order valence-corrected chi connectivity index (χ2v) is 4.78. The van der Waals surface area contributed by atoms with Crippen LogP contribution in [0.5, 0.6) is 0 Å². The molecule has 0 saturated heterocycles. The number of hydrogen-bond acceptors (Lipinski definition) is 3. The molecule has 0 spiro atoms. The molecule has 8 heteroatoms. The van der Waals surface area contributed by atoms with Crippen molar-refractivity contribution in [2.75, 3.05) is 0 Å². The third-order valence-electron chi connectivity index (χ3n) is 2.95. The van der Waals surface area contributed by atoms with Gasteiger partial charge in [-0.3, -0.25) is 0 Å². The van der Waals surface area contributed by atoms with Crippen molar-refractivity contribution in [1.29, 1.82) is 0 Å². The summed E-state index contributed by atoms with van der Waals surface area (Å²) < 4.78 is 42.1. The van der Waals surface area contributed by atoms with E-state index in [2.05, 4.69) is 0 Å². The standard InChI is InChI=1S/C14H16F3NO4/c1-9(14(15,16)17)7-11(12(19)20)18-13(21)22-8-10-5-3-2-4-6-10/h2-6,9,11H,7-8H2,1H3,(H,18,21)(H,19,20). The van der Waals surface area contributed by atoms with E-state index in [9.17, 15) is 22.8 Å². The van der Waals surface area contributed by atoms with Crippen molar-refractivity contribution in [3.63, 3.8) is 0 Å². The van der Waals surface area contributed by atoms with Crippen LogP contribution in [0.2, 0.25) is 0 Å². The molecule has 122 valence electrons. The van der Waals surface area contributed by atoms with Crippen LogP contribution in [0, 0.1) is 5.92 Å². The molecule has 2 atom stereocenters. The average Bonchev–Trinajstić information content (AvgIpc) is 2.44. The first-order chi connectivity index (χ1) is 10.2. The Morgan fingerprint density at radius 2 is 1.86 bits per heavy atom. The predicted octanol–water partition coefficient (Wildman–Crippen LogP) is 2.95. The molecule has 0 radical (unpaired) electrons. The van der Waals surface area contributed by atoms with Gasteiger partial charge in [-0.2, -0.15) is 13.2 Å². The molecule has 0 aliphatic heterocycles. The number of carbonyl (C=O) groups is 2. The fraction of sp³-hybridized carbons (Fsp3) is 0.429. The number of carbonyl (C=O) groups excluding carboxylic acids is 1. The average molecular weight is 319 g/mol. The summed E-state index contributed by atoms with van der Waals surface area (Å²) in [5.74, 6) is -3.41. The second kappa shape index (κ2) is 7.67. The number of halogens is 3. The number of aliphatic carboxylic acids is 1. The highest BCUT2D eigenvalue weighted by atomic mass is 19.4. The maximum atomic E-state index is 12.4. The Kier molecular flexibility index (Phi) is 6.21. The summed E-state index contributed by atoms with van der Waals surface area (Å²) in [5.41, 5.74) is 0.674. The molecule has 0 aliphatic carbocycles.